The van der Waals surface area contributed by atoms with Crippen molar-refractivity contribution in [2.45, 2.75) is 12.3 Å². The van der Waals surface area contributed by atoms with E-state index in [2.05, 4.69) is 15.3 Å². The zero-order valence-corrected chi connectivity index (χ0v) is 11.4. The van der Waals surface area contributed by atoms with Gasteiger partial charge in [-0.1, -0.05) is 6.07 Å². The first kappa shape index (κ1) is 16.0. The molecule has 8 heteroatoms. The highest BCUT2D eigenvalue weighted by molar-refractivity contribution is 5.31. The number of aliphatic hydroxyl groups is 1. The third-order valence-electron chi connectivity index (χ3n) is 2.69. The highest BCUT2D eigenvalue weighted by Gasteiger charge is 2.30. The normalized spacial score (nSPS) is 12.7. The number of rotatable bonds is 6. The SMILES string of the molecule is OC(CNc1cnccn1)COc1cccc(C(F)(F)F)c1. The molecule has 5 nitrogen and oxygen atoms in total. The number of halogens is 3. The van der Waals surface area contributed by atoms with Crippen molar-refractivity contribution in [2.24, 2.45) is 0 Å². The summed E-state index contributed by atoms with van der Waals surface area (Å²) in [7, 11) is 0. The fourth-order valence-corrected chi connectivity index (χ4v) is 1.63. The number of aliphatic hydroxyl groups excluding tert-OH is 1. The van der Waals surface area contributed by atoms with Crippen LogP contribution in [0.4, 0.5) is 19.0 Å². The Morgan fingerprint density at radius 1 is 1.27 bits per heavy atom. The lowest BCUT2D eigenvalue weighted by molar-refractivity contribution is -0.137. The minimum Gasteiger partial charge on any atom is -0.491 e. The van der Waals surface area contributed by atoms with Gasteiger partial charge in [0.2, 0.25) is 0 Å². The van der Waals surface area contributed by atoms with Gasteiger partial charge in [0, 0.05) is 18.9 Å². The Morgan fingerprint density at radius 2 is 2.09 bits per heavy atom. The van der Waals surface area contributed by atoms with E-state index in [0.29, 0.717) is 5.82 Å². The standard InChI is InChI=1S/C14H14F3N3O2/c15-14(16,17)10-2-1-3-12(6-10)22-9-11(21)7-20-13-8-18-4-5-19-13/h1-6,8,11,21H,7,9H2,(H,19,20). The molecule has 0 saturated carbocycles. The van der Waals surface area contributed by atoms with Gasteiger partial charge < -0.3 is 15.2 Å². The lowest BCUT2D eigenvalue weighted by Crippen LogP contribution is -2.26. The van der Waals surface area contributed by atoms with E-state index in [9.17, 15) is 18.3 Å². The van der Waals surface area contributed by atoms with Crippen molar-refractivity contribution < 1.29 is 23.0 Å². The van der Waals surface area contributed by atoms with E-state index >= 15 is 0 Å². The molecule has 1 aromatic carbocycles. The number of aromatic nitrogens is 2. The lowest BCUT2D eigenvalue weighted by atomic mass is 10.2. The van der Waals surface area contributed by atoms with Crippen LogP contribution in [0.3, 0.4) is 0 Å². The third-order valence-corrected chi connectivity index (χ3v) is 2.69. The molecule has 1 unspecified atom stereocenters. The van der Waals surface area contributed by atoms with Crippen LogP contribution < -0.4 is 10.1 Å². The molecular weight excluding hydrogens is 299 g/mol. The minimum absolute atomic E-state index is 0.0494. The first-order valence-corrected chi connectivity index (χ1v) is 6.43. The molecule has 22 heavy (non-hydrogen) atoms. The highest BCUT2D eigenvalue weighted by atomic mass is 19.4. The predicted octanol–water partition coefficient (Wildman–Crippen LogP) is 2.35. The molecule has 0 aliphatic heterocycles. The maximum Gasteiger partial charge on any atom is 0.416 e. The van der Waals surface area contributed by atoms with Gasteiger partial charge in [0.1, 0.15) is 24.3 Å². The van der Waals surface area contributed by atoms with Crippen molar-refractivity contribution in [1.82, 2.24) is 9.97 Å². The summed E-state index contributed by atoms with van der Waals surface area (Å²) in [6, 6.07) is 4.50. The van der Waals surface area contributed by atoms with Gasteiger partial charge in [0.15, 0.2) is 0 Å². The van der Waals surface area contributed by atoms with Crippen LogP contribution in [0.5, 0.6) is 5.75 Å². The summed E-state index contributed by atoms with van der Waals surface area (Å²) in [5.41, 5.74) is -0.794. The van der Waals surface area contributed by atoms with Crippen LogP contribution in [0.15, 0.2) is 42.9 Å². The first-order chi connectivity index (χ1) is 10.4. The van der Waals surface area contributed by atoms with Gasteiger partial charge in [-0.15, -0.1) is 0 Å². The number of hydrogen-bond acceptors (Lipinski definition) is 5. The van der Waals surface area contributed by atoms with Gasteiger partial charge in [0.25, 0.3) is 0 Å². The van der Waals surface area contributed by atoms with Crippen LogP contribution in [0.1, 0.15) is 5.56 Å². The fraction of sp³-hybridized carbons (Fsp3) is 0.286. The van der Waals surface area contributed by atoms with Gasteiger partial charge in [-0.3, -0.25) is 4.98 Å². The molecule has 0 saturated heterocycles. The maximum absolute atomic E-state index is 12.5. The van der Waals surface area contributed by atoms with Gasteiger partial charge in [-0.05, 0) is 18.2 Å². The molecule has 1 atom stereocenters. The van der Waals surface area contributed by atoms with Gasteiger partial charge in [-0.2, -0.15) is 13.2 Å². The van der Waals surface area contributed by atoms with E-state index in [1.807, 2.05) is 0 Å². The molecule has 1 heterocycles. The second-order valence-electron chi connectivity index (χ2n) is 4.46. The molecule has 2 N–H and O–H groups in total. The third kappa shape index (κ3) is 4.88. The summed E-state index contributed by atoms with van der Waals surface area (Å²) in [4.78, 5) is 7.80. The Kier molecular flexibility index (Phi) is 5.16. The molecule has 118 valence electrons. The Bertz CT molecular complexity index is 593. The van der Waals surface area contributed by atoms with Gasteiger partial charge in [0.05, 0.1) is 11.8 Å². The Labute approximate surface area is 124 Å². The van der Waals surface area contributed by atoms with E-state index in [-0.39, 0.29) is 18.9 Å². The second kappa shape index (κ2) is 7.08. The predicted molar refractivity (Wildman–Crippen MR) is 73.5 cm³/mol. The molecule has 2 rings (SSSR count). The zero-order valence-electron chi connectivity index (χ0n) is 11.4. The second-order valence-corrected chi connectivity index (χ2v) is 4.46. The Balaban J connectivity index is 1.82. The van der Waals surface area contributed by atoms with E-state index in [0.717, 1.165) is 12.1 Å². The highest BCUT2D eigenvalue weighted by Crippen LogP contribution is 2.31. The van der Waals surface area contributed by atoms with Crippen molar-refractivity contribution in [3.05, 3.63) is 48.4 Å². The molecular formula is C14H14F3N3O2. The number of benzene rings is 1. The average Bonchev–Trinajstić information content (AvgIpc) is 2.51. The fourth-order valence-electron chi connectivity index (χ4n) is 1.63. The van der Waals surface area contributed by atoms with E-state index in [4.69, 9.17) is 4.74 Å². The molecule has 1 aromatic heterocycles. The number of anilines is 1. The number of nitrogens with zero attached hydrogens (tertiary/aromatic N) is 2. The van der Waals surface area contributed by atoms with Crippen LogP contribution in [0, 0.1) is 0 Å². The Hall–Kier alpha value is -2.35. The van der Waals surface area contributed by atoms with E-state index < -0.39 is 17.8 Å². The molecule has 0 amide bonds. The van der Waals surface area contributed by atoms with E-state index in [1.54, 1.807) is 0 Å². The van der Waals surface area contributed by atoms with Gasteiger partial charge >= 0.3 is 6.18 Å². The molecule has 0 aliphatic carbocycles. The number of hydrogen-bond donors (Lipinski definition) is 2. The average molecular weight is 313 g/mol. The van der Waals surface area contributed by atoms with Crippen molar-refractivity contribution >= 4 is 5.82 Å². The van der Waals surface area contributed by atoms with Crippen LogP contribution in [0.25, 0.3) is 0 Å². The van der Waals surface area contributed by atoms with Crippen molar-refractivity contribution in [2.75, 3.05) is 18.5 Å². The smallest absolute Gasteiger partial charge is 0.416 e. The molecule has 0 radical (unpaired) electrons. The quantitative estimate of drug-likeness (QED) is 0.857. The zero-order chi connectivity index (χ0) is 16.0. The van der Waals surface area contributed by atoms with Crippen LogP contribution in [0.2, 0.25) is 0 Å². The Morgan fingerprint density at radius 3 is 2.77 bits per heavy atom. The molecule has 0 fully saturated rings. The number of nitrogens with one attached hydrogen (secondary N) is 1. The number of ether oxygens (including phenoxy) is 1. The van der Waals surface area contributed by atoms with Gasteiger partial charge in [-0.25, -0.2) is 4.98 Å². The topological polar surface area (TPSA) is 67.3 Å². The summed E-state index contributed by atoms with van der Waals surface area (Å²) in [6.07, 6.45) is -0.838. The van der Waals surface area contributed by atoms with Crippen molar-refractivity contribution in [3.8, 4) is 5.75 Å². The van der Waals surface area contributed by atoms with Crippen molar-refractivity contribution in [1.29, 1.82) is 0 Å². The molecule has 0 spiro atoms. The summed E-state index contributed by atoms with van der Waals surface area (Å²) < 4.78 is 42.8. The summed E-state index contributed by atoms with van der Waals surface area (Å²) in [5, 5.41) is 12.6. The lowest BCUT2D eigenvalue weighted by Gasteiger charge is -2.14. The first-order valence-electron chi connectivity index (χ1n) is 6.43. The summed E-state index contributed by atoms with van der Waals surface area (Å²) >= 11 is 0. The van der Waals surface area contributed by atoms with Crippen LogP contribution >= 0.6 is 0 Å². The number of alkyl halides is 3. The van der Waals surface area contributed by atoms with Crippen LogP contribution in [-0.4, -0.2) is 34.3 Å². The van der Waals surface area contributed by atoms with E-state index in [1.165, 1.54) is 30.7 Å². The summed E-state index contributed by atoms with van der Waals surface area (Å²) in [6.45, 7) is -0.00771. The minimum atomic E-state index is -4.43. The van der Waals surface area contributed by atoms with Crippen molar-refractivity contribution in [3.63, 3.8) is 0 Å². The molecule has 0 bridgehead atoms. The molecule has 0 aliphatic rings. The summed E-state index contributed by atoms with van der Waals surface area (Å²) in [5.74, 6) is 0.536. The van der Waals surface area contributed by atoms with Crippen LogP contribution in [-0.2, 0) is 6.18 Å². The monoisotopic (exact) mass is 313 g/mol. The maximum atomic E-state index is 12.5. The molecule has 2 aromatic rings. The largest absolute Gasteiger partial charge is 0.491 e.